The van der Waals surface area contributed by atoms with E-state index in [0.717, 1.165) is 41.2 Å². The van der Waals surface area contributed by atoms with E-state index in [0.29, 0.717) is 19.1 Å². The molecule has 0 radical (unpaired) electrons. The third-order valence-electron chi connectivity index (χ3n) is 7.13. The smallest absolute Gasteiger partial charge is 0.227 e. The highest BCUT2D eigenvalue weighted by Crippen LogP contribution is 2.33. The van der Waals surface area contributed by atoms with Crippen molar-refractivity contribution in [1.82, 2.24) is 20.1 Å². The van der Waals surface area contributed by atoms with Gasteiger partial charge < -0.3 is 10.2 Å². The third-order valence-corrected chi connectivity index (χ3v) is 7.13. The molecule has 0 spiro atoms. The number of carbonyl (C=O) groups is 2. The lowest BCUT2D eigenvalue weighted by atomic mass is 10.1. The highest BCUT2D eigenvalue weighted by Gasteiger charge is 2.35. The second kappa shape index (κ2) is 9.41. The molecule has 7 heteroatoms. The number of hydrogen-bond acceptors (Lipinski definition) is 4. The molecule has 2 amide bonds. The maximum absolute atomic E-state index is 12.9. The summed E-state index contributed by atoms with van der Waals surface area (Å²) in [5, 5.41) is 7.87. The van der Waals surface area contributed by atoms with Crippen LogP contribution in [0.2, 0.25) is 0 Å². The highest BCUT2D eigenvalue weighted by molar-refractivity contribution is 6.00. The predicted octanol–water partition coefficient (Wildman–Crippen LogP) is 4.35. The molecule has 0 bridgehead atoms. The Morgan fingerprint density at radius 1 is 1.09 bits per heavy atom. The summed E-state index contributed by atoms with van der Waals surface area (Å²) in [6, 6.07) is 14.3. The first kappa shape index (κ1) is 22.3. The normalized spacial score (nSPS) is 18.6. The SMILES string of the molecule is Cc1ccc(N2CC(C(=O)NCc3cc(-c4ccccn4)n(C4CCCC4)n3)CC2=O)cc1C. The van der Waals surface area contributed by atoms with Gasteiger partial charge in [-0.1, -0.05) is 25.0 Å². The van der Waals surface area contributed by atoms with E-state index in [9.17, 15) is 9.59 Å². The van der Waals surface area contributed by atoms with Crippen molar-refractivity contribution in [3.05, 3.63) is 65.5 Å². The minimum Gasteiger partial charge on any atom is -0.350 e. The van der Waals surface area contributed by atoms with Crippen molar-refractivity contribution >= 4 is 17.5 Å². The Labute approximate surface area is 200 Å². The van der Waals surface area contributed by atoms with Gasteiger partial charge in [-0.05, 0) is 68.1 Å². The summed E-state index contributed by atoms with van der Waals surface area (Å²) in [6.45, 7) is 4.83. The summed E-state index contributed by atoms with van der Waals surface area (Å²) in [6.07, 6.45) is 6.68. The summed E-state index contributed by atoms with van der Waals surface area (Å²) in [5.74, 6) is -0.470. The average Bonchev–Trinajstić information content (AvgIpc) is 3.59. The molecule has 2 aromatic heterocycles. The number of anilines is 1. The molecule has 1 N–H and O–H groups in total. The largest absolute Gasteiger partial charge is 0.350 e. The van der Waals surface area contributed by atoms with E-state index in [1.165, 1.54) is 18.4 Å². The van der Waals surface area contributed by atoms with Crippen LogP contribution >= 0.6 is 0 Å². The number of nitrogens with one attached hydrogen (secondary N) is 1. The van der Waals surface area contributed by atoms with E-state index < -0.39 is 0 Å². The minimum absolute atomic E-state index is 0.00801. The Kier molecular flexibility index (Phi) is 6.18. The first-order valence-electron chi connectivity index (χ1n) is 12.1. The van der Waals surface area contributed by atoms with E-state index in [4.69, 9.17) is 5.10 Å². The lowest BCUT2D eigenvalue weighted by molar-refractivity contribution is -0.126. The van der Waals surface area contributed by atoms with Crippen LogP contribution < -0.4 is 10.2 Å². The molecule has 7 nitrogen and oxygen atoms in total. The van der Waals surface area contributed by atoms with Crippen LogP contribution in [0, 0.1) is 19.8 Å². The van der Waals surface area contributed by atoms with Crippen LogP contribution in [0.4, 0.5) is 5.69 Å². The number of pyridine rings is 1. The van der Waals surface area contributed by atoms with Gasteiger partial charge in [-0.25, -0.2) is 0 Å². The molecule has 1 unspecified atom stereocenters. The van der Waals surface area contributed by atoms with Crippen molar-refractivity contribution in [1.29, 1.82) is 0 Å². The van der Waals surface area contributed by atoms with Crippen molar-refractivity contribution in [2.45, 2.75) is 58.5 Å². The molecular weight excluding hydrogens is 426 g/mol. The van der Waals surface area contributed by atoms with Crippen LogP contribution in [0.3, 0.4) is 0 Å². The Bertz CT molecular complexity index is 1200. The predicted molar refractivity (Wildman–Crippen MR) is 131 cm³/mol. The van der Waals surface area contributed by atoms with Gasteiger partial charge in [-0.15, -0.1) is 0 Å². The van der Waals surface area contributed by atoms with Crippen molar-refractivity contribution in [3.8, 4) is 11.4 Å². The van der Waals surface area contributed by atoms with Gasteiger partial charge in [0, 0.05) is 24.8 Å². The number of carbonyl (C=O) groups excluding carboxylic acids is 2. The molecule has 1 aliphatic carbocycles. The number of benzene rings is 1. The molecule has 1 aromatic carbocycles. The number of hydrogen-bond donors (Lipinski definition) is 1. The Balaban J connectivity index is 1.27. The molecule has 1 aliphatic heterocycles. The molecule has 2 aliphatic rings. The Morgan fingerprint density at radius 2 is 1.91 bits per heavy atom. The standard InChI is InChI=1S/C27H31N5O2/c1-18-10-11-23(13-19(18)2)31-17-20(14-26(31)33)27(34)29-16-21-15-25(24-9-5-6-12-28-24)32(30-21)22-7-3-4-8-22/h5-6,9-13,15,20,22H,3-4,7-8,14,16-17H2,1-2H3,(H,29,34). The fourth-order valence-electron chi connectivity index (χ4n) is 5.01. The summed E-state index contributed by atoms with van der Waals surface area (Å²) in [5.41, 5.74) is 5.89. The van der Waals surface area contributed by atoms with E-state index in [1.807, 2.05) is 49.4 Å². The number of aryl methyl sites for hydroxylation is 2. The van der Waals surface area contributed by atoms with Crippen LogP contribution in [0.25, 0.3) is 11.4 Å². The maximum Gasteiger partial charge on any atom is 0.227 e. The summed E-state index contributed by atoms with van der Waals surface area (Å²) >= 11 is 0. The molecule has 34 heavy (non-hydrogen) atoms. The van der Waals surface area contributed by atoms with E-state index >= 15 is 0 Å². The van der Waals surface area contributed by atoms with Crippen molar-refractivity contribution in [3.63, 3.8) is 0 Å². The van der Waals surface area contributed by atoms with Crippen LogP contribution in [0.5, 0.6) is 0 Å². The molecule has 1 atom stereocenters. The first-order chi connectivity index (χ1) is 16.5. The quantitative estimate of drug-likeness (QED) is 0.597. The molecule has 2 fully saturated rings. The van der Waals surface area contributed by atoms with Gasteiger partial charge in [0.25, 0.3) is 0 Å². The van der Waals surface area contributed by atoms with Crippen LogP contribution in [0.15, 0.2) is 48.7 Å². The third kappa shape index (κ3) is 4.47. The van der Waals surface area contributed by atoms with Crippen molar-refractivity contribution < 1.29 is 9.59 Å². The molecular formula is C27H31N5O2. The zero-order chi connectivity index (χ0) is 23.7. The van der Waals surface area contributed by atoms with Gasteiger partial charge in [-0.2, -0.15) is 5.10 Å². The maximum atomic E-state index is 12.9. The zero-order valence-electron chi connectivity index (χ0n) is 19.8. The minimum atomic E-state index is -0.360. The molecule has 1 saturated heterocycles. The van der Waals surface area contributed by atoms with Gasteiger partial charge in [0.2, 0.25) is 11.8 Å². The van der Waals surface area contributed by atoms with E-state index in [2.05, 4.69) is 21.9 Å². The molecule has 3 aromatic rings. The monoisotopic (exact) mass is 457 g/mol. The number of aromatic nitrogens is 3. The Morgan fingerprint density at radius 3 is 2.65 bits per heavy atom. The lowest BCUT2D eigenvalue weighted by Crippen LogP contribution is -2.32. The average molecular weight is 458 g/mol. The van der Waals surface area contributed by atoms with Gasteiger partial charge in [-0.3, -0.25) is 19.3 Å². The summed E-state index contributed by atoms with van der Waals surface area (Å²) < 4.78 is 2.09. The van der Waals surface area contributed by atoms with Crippen LogP contribution in [-0.2, 0) is 16.1 Å². The number of rotatable bonds is 6. The zero-order valence-corrected chi connectivity index (χ0v) is 19.8. The first-order valence-corrected chi connectivity index (χ1v) is 12.1. The number of amides is 2. The number of nitrogens with zero attached hydrogens (tertiary/aromatic N) is 4. The molecule has 3 heterocycles. The van der Waals surface area contributed by atoms with E-state index in [1.54, 1.807) is 11.1 Å². The molecule has 5 rings (SSSR count). The Hall–Kier alpha value is -3.48. The van der Waals surface area contributed by atoms with Gasteiger partial charge >= 0.3 is 0 Å². The molecule has 1 saturated carbocycles. The van der Waals surface area contributed by atoms with Crippen LogP contribution in [0.1, 0.15) is 55.0 Å². The fraction of sp³-hybridized carbons (Fsp3) is 0.407. The fourth-order valence-corrected chi connectivity index (χ4v) is 5.01. The van der Waals surface area contributed by atoms with Gasteiger partial charge in [0.1, 0.15) is 0 Å². The highest BCUT2D eigenvalue weighted by atomic mass is 16.2. The second-order valence-corrected chi connectivity index (χ2v) is 9.51. The van der Waals surface area contributed by atoms with Gasteiger partial charge in [0.05, 0.1) is 35.6 Å². The van der Waals surface area contributed by atoms with Crippen molar-refractivity contribution in [2.24, 2.45) is 5.92 Å². The second-order valence-electron chi connectivity index (χ2n) is 9.51. The van der Waals surface area contributed by atoms with Crippen LogP contribution in [-0.4, -0.2) is 33.1 Å². The summed E-state index contributed by atoms with van der Waals surface area (Å²) in [7, 11) is 0. The van der Waals surface area contributed by atoms with Crippen molar-refractivity contribution in [2.75, 3.05) is 11.4 Å². The van der Waals surface area contributed by atoms with Gasteiger partial charge in [0.15, 0.2) is 0 Å². The summed E-state index contributed by atoms with van der Waals surface area (Å²) in [4.78, 5) is 31.8. The topological polar surface area (TPSA) is 80.1 Å². The molecule has 176 valence electrons. The van der Waals surface area contributed by atoms with E-state index in [-0.39, 0.29) is 24.2 Å². The lowest BCUT2D eigenvalue weighted by Gasteiger charge is -2.18.